The van der Waals surface area contributed by atoms with Crippen molar-refractivity contribution in [1.82, 2.24) is 5.32 Å². The lowest BCUT2D eigenvalue weighted by Gasteiger charge is -2.43. The molecule has 13 nitrogen and oxygen atoms in total. The fourth-order valence-electron chi connectivity index (χ4n) is 7.35. The Morgan fingerprint density at radius 2 is 1.17 bits per heavy atom. The number of rotatable bonds is 36. The number of aryl methyl sites for hydroxylation is 1. The molecular weight excluding hydrogens is 779 g/mol. The Balaban J connectivity index is 2.05. The molecule has 1 heterocycles. The van der Waals surface area contributed by atoms with E-state index in [-0.39, 0.29) is 19.3 Å². The van der Waals surface area contributed by atoms with E-state index in [0.717, 1.165) is 63.4 Å². The van der Waals surface area contributed by atoms with Gasteiger partial charge < -0.3 is 34.5 Å². The van der Waals surface area contributed by atoms with Crippen LogP contribution < -0.4 is 14.8 Å². The van der Waals surface area contributed by atoms with E-state index < -0.39 is 59.5 Å². The Kier molecular flexibility index (Phi) is 28.8. The molecule has 1 aromatic rings. The molecular formula is C45H79NO12S. The quantitative estimate of drug-likeness (QED) is 0.0285. The topological polar surface area (TPSA) is 187 Å². The van der Waals surface area contributed by atoms with Gasteiger partial charge in [-0.25, -0.2) is 4.18 Å². The minimum atomic E-state index is -5.12. The lowest BCUT2D eigenvalue weighted by Crippen LogP contribution is -2.66. The van der Waals surface area contributed by atoms with Crippen molar-refractivity contribution in [1.29, 1.82) is 0 Å². The van der Waals surface area contributed by atoms with Gasteiger partial charge in [0.25, 0.3) is 0 Å². The van der Waals surface area contributed by atoms with Crippen LogP contribution in [0.4, 0.5) is 0 Å². The fourth-order valence-corrected chi connectivity index (χ4v) is 7.86. The van der Waals surface area contributed by atoms with Crippen LogP contribution in [0, 0.1) is 0 Å². The number of esters is 1. The molecule has 0 bridgehead atoms. The number of hydrogen-bond donors (Lipinski definition) is 4. The largest absolute Gasteiger partial charge is 0.490 e. The molecule has 1 amide bonds. The van der Waals surface area contributed by atoms with E-state index in [1.807, 2.05) is 18.2 Å². The van der Waals surface area contributed by atoms with Crippen molar-refractivity contribution >= 4 is 22.3 Å². The van der Waals surface area contributed by atoms with Crippen molar-refractivity contribution in [3.8, 4) is 11.5 Å². The zero-order valence-corrected chi connectivity index (χ0v) is 37.4. The summed E-state index contributed by atoms with van der Waals surface area (Å²) in [5.74, 6) is 0.0206. The van der Waals surface area contributed by atoms with Crippen LogP contribution in [0.1, 0.15) is 187 Å². The third kappa shape index (κ3) is 23.9. The number of carbonyl (C=O) groups is 2. The minimum Gasteiger partial charge on any atom is -0.490 e. The number of hydrogen-bond acceptors (Lipinski definition) is 11. The predicted octanol–water partition coefficient (Wildman–Crippen LogP) is 9.09. The lowest BCUT2D eigenvalue weighted by molar-refractivity contribution is -0.254. The van der Waals surface area contributed by atoms with Crippen LogP contribution >= 0.6 is 0 Å². The van der Waals surface area contributed by atoms with Gasteiger partial charge in [0.05, 0.1) is 19.8 Å². The first-order valence-electron chi connectivity index (χ1n) is 23.0. The Morgan fingerprint density at radius 3 is 1.68 bits per heavy atom. The first-order chi connectivity index (χ1) is 28.5. The molecule has 0 spiro atoms. The van der Waals surface area contributed by atoms with E-state index in [4.69, 9.17) is 23.1 Å². The summed E-state index contributed by atoms with van der Waals surface area (Å²) >= 11 is 0. The SMILES string of the molecule is CCCCCCCCCCCCCC(=O)O[C@H]1[C@H](OS(=O)(=O)O)[C@@H](CO)OC(O)[C@@H]1NC(=O)CCc1ccc(OCCCCCCCC)c(OCCCCCCCC)c1. The number of benzene rings is 1. The van der Waals surface area contributed by atoms with Gasteiger partial charge in [0, 0.05) is 12.8 Å². The number of nitrogens with one attached hydrogen (secondary N) is 1. The molecule has 342 valence electrons. The van der Waals surface area contributed by atoms with E-state index in [1.54, 1.807) is 0 Å². The van der Waals surface area contributed by atoms with Crippen molar-refractivity contribution < 1.29 is 55.9 Å². The molecule has 0 aromatic heterocycles. The first kappa shape index (κ1) is 52.6. The zero-order valence-electron chi connectivity index (χ0n) is 36.5. The second-order valence-corrected chi connectivity index (χ2v) is 17.1. The molecule has 0 aliphatic carbocycles. The second-order valence-electron chi connectivity index (χ2n) is 16.1. The van der Waals surface area contributed by atoms with Gasteiger partial charge in [-0.3, -0.25) is 14.1 Å². The van der Waals surface area contributed by atoms with Gasteiger partial charge in [-0.2, -0.15) is 8.42 Å². The normalized spacial score (nSPS) is 19.4. The molecule has 1 aliphatic heterocycles. The monoisotopic (exact) mass is 858 g/mol. The molecule has 5 atom stereocenters. The highest BCUT2D eigenvalue weighted by atomic mass is 32.3. The maximum atomic E-state index is 13.4. The van der Waals surface area contributed by atoms with Crippen molar-refractivity contribution in [3.63, 3.8) is 0 Å². The number of unbranched alkanes of at least 4 members (excludes halogenated alkanes) is 20. The number of carbonyl (C=O) groups excluding carboxylic acids is 2. The fraction of sp³-hybridized carbons (Fsp3) is 0.822. The summed E-state index contributed by atoms with van der Waals surface area (Å²) in [6.07, 6.45) is 19.3. The van der Waals surface area contributed by atoms with Gasteiger partial charge in [0.1, 0.15) is 18.2 Å². The molecule has 14 heteroatoms. The molecule has 0 radical (unpaired) electrons. The van der Waals surface area contributed by atoms with Crippen LogP contribution in [0.2, 0.25) is 0 Å². The van der Waals surface area contributed by atoms with Crippen LogP contribution in [-0.4, -0.2) is 85.5 Å². The highest BCUT2D eigenvalue weighted by Gasteiger charge is 2.50. The van der Waals surface area contributed by atoms with Crippen LogP contribution in [0.25, 0.3) is 0 Å². The summed E-state index contributed by atoms with van der Waals surface area (Å²) in [4.78, 5) is 26.5. The molecule has 1 fully saturated rings. The van der Waals surface area contributed by atoms with Gasteiger partial charge >= 0.3 is 16.4 Å². The van der Waals surface area contributed by atoms with Gasteiger partial charge in [-0.05, 0) is 43.4 Å². The number of aliphatic hydroxyl groups is 2. The smallest absolute Gasteiger partial charge is 0.397 e. The van der Waals surface area contributed by atoms with Crippen molar-refractivity contribution in [2.75, 3.05) is 19.8 Å². The predicted molar refractivity (Wildman–Crippen MR) is 230 cm³/mol. The summed E-state index contributed by atoms with van der Waals surface area (Å²) < 4.78 is 61.4. The molecule has 4 N–H and O–H groups in total. The molecule has 0 saturated carbocycles. The maximum absolute atomic E-state index is 13.4. The summed E-state index contributed by atoms with van der Waals surface area (Å²) in [7, 11) is -5.12. The minimum absolute atomic E-state index is 0.00938. The van der Waals surface area contributed by atoms with Crippen LogP contribution in [-0.2, 0) is 40.1 Å². The number of aliphatic hydroxyl groups excluding tert-OH is 2. The Bertz CT molecular complexity index is 1360. The summed E-state index contributed by atoms with van der Waals surface area (Å²) in [6.45, 7) is 6.90. The Hall–Kier alpha value is -2.49. The van der Waals surface area contributed by atoms with Gasteiger partial charge in [0.2, 0.25) is 5.91 Å². The van der Waals surface area contributed by atoms with Crippen LogP contribution in [0.5, 0.6) is 11.5 Å². The van der Waals surface area contributed by atoms with E-state index in [0.29, 0.717) is 31.1 Å². The molecule has 1 saturated heterocycles. The lowest BCUT2D eigenvalue weighted by atomic mass is 9.96. The summed E-state index contributed by atoms with van der Waals surface area (Å²) in [5, 5.41) is 23.5. The third-order valence-corrected chi connectivity index (χ3v) is 11.3. The van der Waals surface area contributed by atoms with Crippen LogP contribution in [0.3, 0.4) is 0 Å². The molecule has 2 rings (SSSR count). The maximum Gasteiger partial charge on any atom is 0.397 e. The van der Waals surface area contributed by atoms with Crippen molar-refractivity contribution in [3.05, 3.63) is 23.8 Å². The highest BCUT2D eigenvalue weighted by Crippen LogP contribution is 2.31. The zero-order chi connectivity index (χ0) is 43.1. The standard InChI is InChI=1S/C45H79NO12S/c1-4-7-10-13-16-17-18-19-20-21-24-27-41(49)57-44-42(45(50)56-39(35-47)43(44)58-59(51,52)53)46-40(48)31-29-36-28-30-37(54-32-25-22-14-11-8-5-2)38(34-36)55-33-26-23-15-12-9-6-3/h28,30,34,39,42-45,47,50H,4-27,29,31-33,35H2,1-3H3,(H,46,48)(H,51,52,53)/t39-,42-,43-,44-,45?/m1/s1. The first-order valence-corrected chi connectivity index (χ1v) is 24.4. The van der Waals surface area contributed by atoms with E-state index in [2.05, 4.69) is 26.1 Å². The van der Waals surface area contributed by atoms with E-state index >= 15 is 0 Å². The second kappa shape index (κ2) is 32.3. The van der Waals surface area contributed by atoms with Crippen molar-refractivity contribution in [2.24, 2.45) is 0 Å². The average Bonchev–Trinajstić information content (AvgIpc) is 3.20. The average molecular weight is 858 g/mol. The summed E-state index contributed by atoms with van der Waals surface area (Å²) in [5.41, 5.74) is 0.813. The summed E-state index contributed by atoms with van der Waals surface area (Å²) in [6, 6.07) is 4.14. The van der Waals surface area contributed by atoms with Gasteiger partial charge in [-0.1, -0.05) is 155 Å². The van der Waals surface area contributed by atoms with Crippen LogP contribution in [0.15, 0.2) is 18.2 Å². The highest BCUT2D eigenvalue weighted by molar-refractivity contribution is 7.80. The Labute approximate surface area is 356 Å². The molecule has 1 unspecified atom stereocenters. The van der Waals surface area contributed by atoms with E-state index in [9.17, 15) is 32.8 Å². The number of amides is 1. The molecule has 59 heavy (non-hydrogen) atoms. The van der Waals surface area contributed by atoms with E-state index in [1.165, 1.54) is 83.5 Å². The molecule has 1 aromatic carbocycles. The molecule has 1 aliphatic rings. The van der Waals surface area contributed by atoms with Gasteiger partial charge in [-0.15, -0.1) is 0 Å². The van der Waals surface area contributed by atoms with Gasteiger partial charge in [0.15, 0.2) is 23.9 Å². The third-order valence-electron chi connectivity index (χ3n) is 10.8. The Morgan fingerprint density at radius 1 is 0.678 bits per heavy atom. The van der Waals surface area contributed by atoms with Crippen molar-refractivity contribution in [2.45, 2.75) is 218 Å². The number of ether oxygens (including phenoxy) is 4.